The van der Waals surface area contributed by atoms with Crippen molar-refractivity contribution in [1.29, 1.82) is 0 Å². The number of aryl methyl sites for hydroxylation is 1. The summed E-state index contributed by atoms with van der Waals surface area (Å²) in [6.45, 7) is 4.95. The first-order valence-corrected chi connectivity index (χ1v) is 9.32. The van der Waals surface area contributed by atoms with E-state index in [1.54, 1.807) is 30.0 Å². The normalized spacial score (nSPS) is 15.1. The highest BCUT2D eigenvalue weighted by molar-refractivity contribution is 6.35. The minimum Gasteiger partial charge on any atom is -0.335 e. The van der Waals surface area contributed by atoms with Crippen molar-refractivity contribution in [3.05, 3.63) is 55.8 Å². The zero-order chi connectivity index (χ0) is 19.6. The third-order valence-electron chi connectivity index (χ3n) is 4.62. The lowest BCUT2D eigenvalue weighted by molar-refractivity contribution is -0.385. The second-order valence-corrected chi connectivity index (χ2v) is 7.03. The summed E-state index contributed by atoms with van der Waals surface area (Å²) in [4.78, 5) is 27.3. The number of hydrogen-bond acceptors (Lipinski definition) is 5. The molecule has 3 rings (SSSR count). The molecule has 27 heavy (non-hydrogen) atoms. The van der Waals surface area contributed by atoms with Gasteiger partial charge in [-0.15, -0.1) is 0 Å². The number of carbonyl (C=O) groups is 1. The largest absolute Gasteiger partial charge is 0.335 e. The lowest BCUT2D eigenvalue weighted by Gasteiger charge is -2.34. The summed E-state index contributed by atoms with van der Waals surface area (Å²) in [5.41, 5.74) is 0.637. The predicted molar refractivity (Wildman–Crippen MR) is 102 cm³/mol. The summed E-state index contributed by atoms with van der Waals surface area (Å²) in [6.07, 6.45) is 1.13. The van der Waals surface area contributed by atoms with E-state index < -0.39 is 4.92 Å². The molecule has 144 valence electrons. The van der Waals surface area contributed by atoms with Crippen molar-refractivity contribution in [3.8, 4) is 0 Å². The van der Waals surface area contributed by atoms with E-state index in [0.29, 0.717) is 49.3 Å². The molecule has 1 aliphatic heterocycles. The van der Waals surface area contributed by atoms with Crippen molar-refractivity contribution in [2.45, 2.75) is 20.0 Å². The topological polar surface area (TPSA) is 84.5 Å². The number of halogens is 2. The number of piperazine rings is 1. The van der Waals surface area contributed by atoms with Crippen LogP contribution in [0, 0.1) is 10.1 Å². The van der Waals surface area contributed by atoms with Gasteiger partial charge in [-0.05, 0) is 19.1 Å². The molecule has 1 fully saturated rings. The Balaban J connectivity index is 1.68. The SMILES string of the molecule is CCn1ncc([N+](=O)[O-])c1C(=O)N1CCN(Cc2c(Cl)cccc2Cl)CC1. The summed E-state index contributed by atoms with van der Waals surface area (Å²) in [5, 5.41) is 16.4. The highest BCUT2D eigenvalue weighted by atomic mass is 35.5. The number of amides is 1. The molecule has 2 aromatic rings. The first kappa shape index (κ1) is 19.6. The smallest absolute Gasteiger partial charge is 0.320 e. The molecule has 8 nitrogen and oxygen atoms in total. The Morgan fingerprint density at radius 2 is 1.85 bits per heavy atom. The summed E-state index contributed by atoms with van der Waals surface area (Å²) in [6, 6.07) is 5.40. The number of benzene rings is 1. The summed E-state index contributed by atoms with van der Waals surface area (Å²) in [7, 11) is 0. The summed E-state index contributed by atoms with van der Waals surface area (Å²) < 4.78 is 1.37. The van der Waals surface area contributed by atoms with Gasteiger partial charge in [0.1, 0.15) is 6.20 Å². The Morgan fingerprint density at radius 1 is 1.22 bits per heavy atom. The molecule has 2 heterocycles. The standard InChI is InChI=1S/C17H19Cl2N5O3/c1-2-23-16(15(10-20-23)24(26)27)17(25)22-8-6-21(7-9-22)11-12-13(18)4-3-5-14(12)19/h3-5,10H,2,6-9,11H2,1H3. The molecule has 0 unspecified atom stereocenters. The first-order valence-electron chi connectivity index (χ1n) is 8.57. The molecule has 0 aliphatic carbocycles. The molecule has 10 heteroatoms. The minimum atomic E-state index is -0.567. The van der Waals surface area contributed by atoms with Gasteiger partial charge in [0.2, 0.25) is 5.69 Å². The van der Waals surface area contributed by atoms with Crippen molar-refractivity contribution >= 4 is 34.8 Å². The maximum absolute atomic E-state index is 12.8. The Labute approximate surface area is 166 Å². The molecule has 0 bridgehead atoms. The van der Waals surface area contributed by atoms with Crippen LogP contribution >= 0.6 is 23.2 Å². The number of aromatic nitrogens is 2. The molecule has 0 spiro atoms. The van der Waals surface area contributed by atoms with E-state index in [1.165, 1.54) is 4.68 Å². The van der Waals surface area contributed by atoms with E-state index in [2.05, 4.69) is 10.00 Å². The van der Waals surface area contributed by atoms with Crippen LogP contribution in [0.5, 0.6) is 0 Å². The number of carbonyl (C=O) groups excluding carboxylic acids is 1. The van der Waals surface area contributed by atoms with Gasteiger partial charge in [0.05, 0.1) is 4.92 Å². The van der Waals surface area contributed by atoms with Crippen molar-refractivity contribution in [3.63, 3.8) is 0 Å². The van der Waals surface area contributed by atoms with Gasteiger partial charge < -0.3 is 4.90 Å². The zero-order valence-electron chi connectivity index (χ0n) is 14.8. The van der Waals surface area contributed by atoms with Gasteiger partial charge >= 0.3 is 5.69 Å². The molecule has 0 radical (unpaired) electrons. The van der Waals surface area contributed by atoms with Crippen LogP contribution < -0.4 is 0 Å². The maximum Gasteiger partial charge on any atom is 0.320 e. The van der Waals surface area contributed by atoms with E-state index >= 15 is 0 Å². The van der Waals surface area contributed by atoms with Gasteiger partial charge in [-0.1, -0.05) is 29.3 Å². The van der Waals surface area contributed by atoms with Gasteiger partial charge in [0.15, 0.2) is 0 Å². The van der Waals surface area contributed by atoms with Crippen molar-refractivity contribution < 1.29 is 9.72 Å². The number of hydrogen-bond donors (Lipinski definition) is 0. The lowest BCUT2D eigenvalue weighted by atomic mass is 10.2. The van der Waals surface area contributed by atoms with Crippen molar-refractivity contribution in [2.24, 2.45) is 0 Å². The number of nitro groups is 1. The molecule has 1 saturated heterocycles. The Bertz CT molecular complexity index is 842. The Hall–Kier alpha value is -2.16. The average molecular weight is 412 g/mol. The second kappa shape index (κ2) is 8.24. The number of rotatable bonds is 5. The Morgan fingerprint density at radius 3 is 2.41 bits per heavy atom. The van der Waals surface area contributed by atoms with Crippen LogP contribution in [-0.4, -0.2) is 56.6 Å². The molecule has 1 aromatic carbocycles. The van der Waals surface area contributed by atoms with Crippen LogP contribution in [0.2, 0.25) is 10.0 Å². The highest BCUT2D eigenvalue weighted by Crippen LogP contribution is 2.26. The molecule has 1 aliphatic rings. The fourth-order valence-electron chi connectivity index (χ4n) is 3.13. The zero-order valence-corrected chi connectivity index (χ0v) is 16.3. The maximum atomic E-state index is 12.8. The second-order valence-electron chi connectivity index (χ2n) is 6.22. The Kier molecular flexibility index (Phi) is 5.98. The van der Waals surface area contributed by atoms with E-state index in [1.807, 2.05) is 0 Å². The van der Waals surface area contributed by atoms with Crippen LogP contribution in [0.15, 0.2) is 24.4 Å². The molecular formula is C17H19Cl2N5O3. The van der Waals surface area contributed by atoms with Crippen LogP contribution in [-0.2, 0) is 13.1 Å². The number of nitrogens with zero attached hydrogens (tertiary/aromatic N) is 5. The predicted octanol–water partition coefficient (Wildman–Crippen LogP) is 3.08. The van der Waals surface area contributed by atoms with E-state index in [-0.39, 0.29) is 17.3 Å². The lowest BCUT2D eigenvalue weighted by Crippen LogP contribution is -2.48. The van der Waals surface area contributed by atoms with Crippen LogP contribution in [0.4, 0.5) is 5.69 Å². The third kappa shape index (κ3) is 4.07. The molecule has 0 saturated carbocycles. The molecule has 1 amide bonds. The fourth-order valence-corrected chi connectivity index (χ4v) is 3.65. The van der Waals surface area contributed by atoms with E-state index in [0.717, 1.165) is 11.8 Å². The van der Waals surface area contributed by atoms with E-state index in [9.17, 15) is 14.9 Å². The van der Waals surface area contributed by atoms with Gasteiger partial charge in [-0.2, -0.15) is 5.10 Å². The molecule has 0 atom stereocenters. The summed E-state index contributed by atoms with van der Waals surface area (Å²) in [5.74, 6) is -0.364. The van der Waals surface area contributed by atoms with Gasteiger partial charge in [-0.3, -0.25) is 24.5 Å². The van der Waals surface area contributed by atoms with Crippen molar-refractivity contribution in [1.82, 2.24) is 19.6 Å². The van der Waals surface area contributed by atoms with Crippen LogP contribution in [0.1, 0.15) is 23.0 Å². The van der Waals surface area contributed by atoms with E-state index in [4.69, 9.17) is 23.2 Å². The average Bonchev–Trinajstić information content (AvgIpc) is 3.09. The summed E-state index contributed by atoms with van der Waals surface area (Å²) >= 11 is 12.5. The van der Waals surface area contributed by atoms with Crippen LogP contribution in [0.25, 0.3) is 0 Å². The van der Waals surface area contributed by atoms with Crippen molar-refractivity contribution in [2.75, 3.05) is 26.2 Å². The highest BCUT2D eigenvalue weighted by Gasteiger charge is 2.31. The van der Waals surface area contributed by atoms with Gasteiger partial charge in [0, 0.05) is 54.9 Å². The molecule has 0 N–H and O–H groups in total. The molecular weight excluding hydrogens is 393 g/mol. The third-order valence-corrected chi connectivity index (χ3v) is 5.33. The minimum absolute atomic E-state index is 0.0325. The first-order chi connectivity index (χ1) is 12.9. The van der Waals surface area contributed by atoms with Gasteiger partial charge in [-0.25, -0.2) is 0 Å². The molecule has 1 aromatic heterocycles. The quantitative estimate of drug-likeness (QED) is 0.557. The fraction of sp³-hybridized carbons (Fsp3) is 0.412. The van der Waals surface area contributed by atoms with Crippen LogP contribution in [0.3, 0.4) is 0 Å². The van der Waals surface area contributed by atoms with Gasteiger partial charge in [0.25, 0.3) is 5.91 Å². The monoisotopic (exact) mass is 411 g/mol.